The molecule has 0 unspecified atom stereocenters. The smallest absolute Gasteiger partial charge is 0.180 e. The predicted octanol–water partition coefficient (Wildman–Crippen LogP) is 4.03. The van der Waals surface area contributed by atoms with Crippen molar-refractivity contribution in [3.63, 3.8) is 0 Å². The molecule has 0 bridgehead atoms. The summed E-state index contributed by atoms with van der Waals surface area (Å²) in [5.74, 6) is -2.72. The summed E-state index contributed by atoms with van der Waals surface area (Å²) in [7, 11) is 0. The molecule has 0 aliphatic rings. The number of nitrogens with zero attached hydrogens (tertiary/aromatic N) is 1. The summed E-state index contributed by atoms with van der Waals surface area (Å²) in [4.78, 5) is 4.93. The number of nitrogen functional groups attached to an aromatic ring is 1. The standard InChI is InChI=1S/C14H15F3N2S/c1-14(2,3)12-11(20-13(18)19-12)6-8-9(16)4-7(15)5-10(8)17/h4-5H,6H2,1-3H3,(H2,18,19). The number of benzene rings is 1. The minimum atomic E-state index is -0.927. The van der Waals surface area contributed by atoms with Gasteiger partial charge in [0.2, 0.25) is 0 Å². The van der Waals surface area contributed by atoms with Crippen LogP contribution >= 0.6 is 11.3 Å². The molecule has 0 amide bonds. The SMILES string of the molecule is CC(C)(C)c1nc(N)sc1Cc1c(F)cc(F)cc1F. The number of rotatable bonds is 2. The van der Waals surface area contributed by atoms with Crippen LogP contribution in [0.3, 0.4) is 0 Å². The van der Waals surface area contributed by atoms with E-state index in [2.05, 4.69) is 4.98 Å². The average Bonchev–Trinajstić information content (AvgIpc) is 2.64. The van der Waals surface area contributed by atoms with Crippen LogP contribution in [0.15, 0.2) is 12.1 Å². The van der Waals surface area contributed by atoms with E-state index < -0.39 is 17.5 Å². The molecule has 0 saturated heterocycles. The van der Waals surface area contributed by atoms with Crippen molar-refractivity contribution in [1.29, 1.82) is 0 Å². The highest BCUT2D eigenvalue weighted by atomic mass is 32.1. The van der Waals surface area contributed by atoms with E-state index in [-0.39, 0.29) is 17.4 Å². The van der Waals surface area contributed by atoms with Crippen molar-refractivity contribution < 1.29 is 13.2 Å². The number of nitrogens with two attached hydrogens (primary N) is 1. The molecule has 0 saturated carbocycles. The van der Waals surface area contributed by atoms with Gasteiger partial charge in [-0.3, -0.25) is 0 Å². The average molecular weight is 300 g/mol. The number of halogens is 3. The molecule has 2 rings (SSSR count). The molecule has 0 aliphatic heterocycles. The molecular weight excluding hydrogens is 285 g/mol. The van der Waals surface area contributed by atoms with Crippen LogP contribution in [0, 0.1) is 17.5 Å². The molecule has 6 heteroatoms. The number of hydrogen-bond donors (Lipinski definition) is 1. The molecule has 0 spiro atoms. The van der Waals surface area contributed by atoms with E-state index in [1.54, 1.807) is 0 Å². The first kappa shape index (κ1) is 14.8. The molecule has 1 aromatic carbocycles. The third-order valence-electron chi connectivity index (χ3n) is 2.87. The summed E-state index contributed by atoms with van der Waals surface area (Å²) >= 11 is 1.20. The summed E-state index contributed by atoms with van der Waals surface area (Å²) in [5, 5.41) is 0.354. The Morgan fingerprint density at radius 2 is 1.70 bits per heavy atom. The van der Waals surface area contributed by atoms with Gasteiger partial charge in [-0.25, -0.2) is 18.2 Å². The summed E-state index contributed by atoms with van der Waals surface area (Å²) in [5.41, 5.74) is 5.95. The highest BCUT2D eigenvalue weighted by Gasteiger charge is 2.24. The van der Waals surface area contributed by atoms with Gasteiger partial charge in [0.1, 0.15) is 17.5 Å². The molecule has 0 fully saturated rings. The number of anilines is 1. The summed E-state index contributed by atoms with van der Waals surface area (Å²) in [6.07, 6.45) is 0.0133. The minimum Gasteiger partial charge on any atom is -0.375 e. The lowest BCUT2D eigenvalue weighted by Gasteiger charge is -2.17. The Hall–Kier alpha value is -1.56. The van der Waals surface area contributed by atoms with Crippen LogP contribution in [0.1, 0.15) is 36.9 Å². The Bertz CT molecular complexity index is 621. The van der Waals surface area contributed by atoms with Crippen molar-refractivity contribution >= 4 is 16.5 Å². The van der Waals surface area contributed by atoms with Crippen molar-refractivity contribution in [1.82, 2.24) is 4.98 Å². The fraction of sp³-hybridized carbons (Fsp3) is 0.357. The lowest BCUT2D eigenvalue weighted by molar-refractivity contribution is 0.525. The zero-order valence-corrected chi connectivity index (χ0v) is 12.2. The van der Waals surface area contributed by atoms with Gasteiger partial charge in [0.15, 0.2) is 5.13 Å². The lowest BCUT2D eigenvalue weighted by Crippen LogP contribution is -2.14. The zero-order valence-electron chi connectivity index (χ0n) is 11.4. The predicted molar refractivity (Wildman–Crippen MR) is 74.3 cm³/mol. The van der Waals surface area contributed by atoms with Crippen LogP contribution in [-0.4, -0.2) is 4.98 Å². The van der Waals surface area contributed by atoms with Crippen LogP contribution in [0.4, 0.5) is 18.3 Å². The summed E-state index contributed by atoms with van der Waals surface area (Å²) in [6.45, 7) is 5.84. The molecule has 0 atom stereocenters. The fourth-order valence-electron chi connectivity index (χ4n) is 1.98. The maximum absolute atomic E-state index is 13.7. The molecule has 2 N–H and O–H groups in total. The molecule has 2 nitrogen and oxygen atoms in total. The van der Waals surface area contributed by atoms with Gasteiger partial charge in [-0.15, -0.1) is 11.3 Å². The quantitative estimate of drug-likeness (QED) is 0.909. The molecule has 108 valence electrons. The van der Waals surface area contributed by atoms with Gasteiger partial charge in [0, 0.05) is 34.4 Å². The summed E-state index contributed by atoms with van der Waals surface area (Å²) < 4.78 is 40.3. The van der Waals surface area contributed by atoms with E-state index >= 15 is 0 Å². The zero-order chi connectivity index (χ0) is 15.1. The maximum Gasteiger partial charge on any atom is 0.180 e. The second-order valence-corrected chi connectivity index (χ2v) is 6.71. The first-order valence-electron chi connectivity index (χ1n) is 6.07. The topological polar surface area (TPSA) is 38.9 Å². The van der Waals surface area contributed by atoms with Crippen molar-refractivity contribution in [3.8, 4) is 0 Å². The lowest BCUT2D eigenvalue weighted by atomic mass is 9.90. The van der Waals surface area contributed by atoms with E-state index in [1.807, 2.05) is 20.8 Å². The largest absolute Gasteiger partial charge is 0.375 e. The Labute approximate surface area is 119 Å². The van der Waals surface area contributed by atoms with Gasteiger partial charge in [-0.05, 0) is 0 Å². The molecule has 2 aromatic rings. The van der Waals surface area contributed by atoms with Crippen LogP contribution < -0.4 is 5.73 Å². The molecule has 1 aromatic heterocycles. The molecule has 0 aliphatic carbocycles. The highest BCUT2D eigenvalue weighted by Crippen LogP contribution is 2.33. The van der Waals surface area contributed by atoms with Gasteiger partial charge < -0.3 is 5.73 Å². The first-order valence-corrected chi connectivity index (χ1v) is 6.89. The van der Waals surface area contributed by atoms with E-state index in [1.165, 1.54) is 11.3 Å². The second kappa shape index (κ2) is 5.09. The second-order valence-electron chi connectivity index (χ2n) is 5.60. The normalized spacial score (nSPS) is 11.9. The molecular formula is C14H15F3N2S. The van der Waals surface area contributed by atoms with Gasteiger partial charge in [-0.1, -0.05) is 20.8 Å². The minimum absolute atomic E-state index is 0.0133. The van der Waals surface area contributed by atoms with E-state index in [9.17, 15) is 13.2 Å². The van der Waals surface area contributed by atoms with Crippen LogP contribution in [-0.2, 0) is 11.8 Å². The Balaban J connectivity index is 2.46. The van der Waals surface area contributed by atoms with Crippen molar-refractivity contribution in [2.75, 3.05) is 5.73 Å². The van der Waals surface area contributed by atoms with E-state index in [4.69, 9.17) is 5.73 Å². The number of hydrogen-bond acceptors (Lipinski definition) is 3. The van der Waals surface area contributed by atoms with Crippen molar-refractivity contribution in [2.24, 2.45) is 0 Å². The van der Waals surface area contributed by atoms with E-state index in [0.29, 0.717) is 27.8 Å². The van der Waals surface area contributed by atoms with Gasteiger partial charge in [0.05, 0.1) is 5.69 Å². The Morgan fingerprint density at radius 1 is 1.15 bits per heavy atom. The van der Waals surface area contributed by atoms with Crippen molar-refractivity contribution in [3.05, 3.63) is 45.7 Å². The monoisotopic (exact) mass is 300 g/mol. The van der Waals surface area contributed by atoms with Crippen LogP contribution in [0.25, 0.3) is 0 Å². The Morgan fingerprint density at radius 3 is 2.20 bits per heavy atom. The fourth-order valence-corrected chi connectivity index (χ4v) is 3.03. The number of aromatic nitrogens is 1. The van der Waals surface area contributed by atoms with Gasteiger partial charge in [0.25, 0.3) is 0 Å². The molecule has 1 heterocycles. The molecule has 20 heavy (non-hydrogen) atoms. The highest BCUT2D eigenvalue weighted by molar-refractivity contribution is 7.15. The van der Waals surface area contributed by atoms with Crippen LogP contribution in [0.5, 0.6) is 0 Å². The third kappa shape index (κ3) is 2.95. The first-order chi connectivity index (χ1) is 9.18. The Kier molecular flexibility index (Phi) is 3.77. The van der Waals surface area contributed by atoms with Crippen LogP contribution in [0.2, 0.25) is 0 Å². The third-order valence-corrected chi connectivity index (χ3v) is 3.75. The van der Waals surface area contributed by atoms with Gasteiger partial charge in [-0.2, -0.15) is 0 Å². The van der Waals surface area contributed by atoms with Crippen molar-refractivity contribution in [2.45, 2.75) is 32.6 Å². The molecule has 0 radical (unpaired) electrons. The number of thiazole rings is 1. The maximum atomic E-state index is 13.7. The van der Waals surface area contributed by atoms with Gasteiger partial charge >= 0.3 is 0 Å². The summed E-state index contributed by atoms with van der Waals surface area (Å²) in [6, 6.07) is 1.36. The van der Waals surface area contributed by atoms with E-state index in [0.717, 1.165) is 0 Å².